The van der Waals surface area contributed by atoms with Crippen LogP contribution < -0.4 is 0 Å². The molecule has 31 heavy (non-hydrogen) atoms. The second-order valence-corrected chi connectivity index (χ2v) is 12.2. The maximum absolute atomic E-state index is 6.12. The van der Waals surface area contributed by atoms with Gasteiger partial charge in [0.15, 0.2) is 0 Å². The third-order valence-electron chi connectivity index (χ3n) is 8.01. The van der Waals surface area contributed by atoms with E-state index >= 15 is 0 Å². The predicted molar refractivity (Wildman–Crippen MR) is 126 cm³/mol. The average Bonchev–Trinajstić information content (AvgIpc) is 3.40. The van der Waals surface area contributed by atoms with E-state index in [1.54, 1.807) is 0 Å². The number of nitrogens with zero attached hydrogens (tertiary/aromatic N) is 4. The molecule has 0 aromatic carbocycles. The van der Waals surface area contributed by atoms with E-state index in [0.717, 1.165) is 59.0 Å². The summed E-state index contributed by atoms with van der Waals surface area (Å²) in [6.07, 6.45) is 5.61. The summed E-state index contributed by atoms with van der Waals surface area (Å²) in [7, 11) is 0. The van der Waals surface area contributed by atoms with E-state index in [1.165, 1.54) is 25.7 Å². The Hall–Kier alpha value is -0.240. The average molecular weight is 437 g/mol. The summed E-state index contributed by atoms with van der Waals surface area (Å²) in [5, 5.41) is 0. The second kappa shape index (κ2) is 9.55. The van der Waals surface area contributed by atoms with Crippen molar-refractivity contribution >= 4 is 0 Å². The van der Waals surface area contributed by atoms with Crippen molar-refractivity contribution < 1.29 is 9.47 Å². The quantitative estimate of drug-likeness (QED) is 0.674. The zero-order chi connectivity index (χ0) is 22.2. The summed E-state index contributed by atoms with van der Waals surface area (Å²) in [5.41, 5.74) is 0.385. The van der Waals surface area contributed by atoms with Crippen molar-refractivity contribution in [1.29, 1.82) is 0 Å². The molecule has 0 saturated carbocycles. The van der Waals surface area contributed by atoms with Gasteiger partial charge in [-0.3, -0.25) is 19.6 Å². The lowest BCUT2D eigenvalue weighted by molar-refractivity contribution is -0.110. The van der Waals surface area contributed by atoms with E-state index in [0.29, 0.717) is 24.4 Å². The Bertz CT molecular complexity index is 575. The highest BCUT2D eigenvalue weighted by atomic mass is 16.5. The van der Waals surface area contributed by atoms with Crippen molar-refractivity contribution in [2.75, 3.05) is 59.0 Å². The molecule has 0 spiro atoms. The van der Waals surface area contributed by atoms with Crippen LogP contribution in [-0.4, -0.2) is 114 Å². The van der Waals surface area contributed by atoms with Crippen LogP contribution in [0.5, 0.6) is 0 Å². The standard InChI is InChI=1S/C25H48N4O2/c1-24(2,3)28-13-11-26(17-20-9-7-15-30-20)21(19-28)22-18-27(23-10-8-16-31-23)12-14-29(22)25(4,5)6/h20-23H,7-19H2,1-6H3. The van der Waals surface area contributed by atoms with Crippen molar-refractivity contribution in [2.45, 2.75) is 103 Å². The maximum atomic E-state index is 6.12. The van der Waals surface area contributed by atoms with Gasteiger partial charge in [0.1, 0.15) is 6.23 Å². The Labute approximate surface area is 191 Å². The van der Waals surface area contributed by atoms with Crippen molar-refractivity contribution in [1.82, 2.24) is 19.6 Å². The molecule has 4 fully saturated rings. The van der Waals surface area contributed by atoms with Gasteiger partial charge < -0.3 is 9.47 Å². The monoisotopic (exact) mass is 436 g/mol. The Morgan fingerprint density at radius 2 is 1.48 bits per heavy atom. The molecule has 4 unspecified atom stereocenters. The van der Waals surface area contributed by atoms with Gasteiger partial charge in [0.2, 0.25) is 0 Å². The maximum Gasteiger partial charge on any atom is 0.110 e. The van der Waals surface area contributed by atoms with Crippen LogP contribution in [0.3, 0.4) is 0 Å². The van der Waals surface area contributed by atoms with Crippen LogP contribution in [0.25, 0.3) is 0 Å². The molecule has 0 bridgehead atoms. The fourth-order valence-corrected chi connectivity index (χ4v) is 6.20. The molecular weight excluding hydrogens is 388 g/mol. The lowest BCUT2D eigenvalue weighted by Crippen LogP contribution is -2.71. The van der Waals surface area contributed by atoms with Gasteiger partial charge in [-0.15, -0.1) is 0 Å². The first-order chi connectivity index (χ1) is 14.6. The summed E-state index contributed by atoms with van der Waals surface area (Å²) >= 11 is 0. The van der Waals surface area contributed by atoms with Crippen molar-refractivity contribution in [2.24, 2.45) is 0 Å². The van der Waals surface area contributed by atoms with Gasteiger partial charge in [0.05, 0.1) is 6.10 Å². The van der Waals surface area contributed by atoms with Crippen molar-refractivity contribution in [3.63, 3.8) is 0 Å². The van der Waals surface area contributed by atoms with Gasteiger partial charge >= 0.3 is 0 Å². The zero-order valence-electron chi connectivity index (χ0n) is 21.1. The topological polar surface area (TPSA) is 31.4 Å². The summed E-state index contributed by atoms with van der Waals surface area (Å²) in [5.74, 6) is 0. The number of ether oxygens (including phenoxy) is 2. The molecular formula is C25H48N4O2. The number of piperazine rings is 2. The van der Waals surface area contributed by atoms with Gasteiger partial charge in [0.25, 0.3) is 0 Å². The summed E-state index contributed by atoms with van der Waals surface area (Å²) in [6.45, 7) is 24.1. The van der Waals surface area contributed by atoms with Gasteiger partial charge in [-0.2, -0.15) is 0 Å². The normalized spacial score (nSPS) is 35.8. The fourth-order valence-electron chi connectivity index (χ4n) is 6.20. The minimum Gasteiger partial charge on any atom is -0.377 e. The second-order valence-electron chi connectivity index (χ2n) is 12.2. The molecule has 4 saturated heterocycles. The Kier molecular flexibility index (Phi) is 7.37. The van der Waals surface area contributed by atoms with E-state index in [9.17, 15) is 0 Å². The molecule has 6 nitrogen and oxygen atoms in total. The molecule has 4 heterocycles. The van der Waals surface area contributed by atoms with Crippen LogP contribution in [0.1, 0.15) is 67.2 Å². The van der Waals surface area contributed by atoms with Crippen LogP contribution in [-0.2, 0) is 9.47 Å². The first-order valence-corrected chi connectivity index (χ1v) is 12.9. The van der Waals surface area contributed by atoms with Crippen molar-refractivity contribution in [3.8, 4) is 0 Å². The van der Waals surface area contributed by atoms with E-state index in [2.05, 4.69) is 61.1 Å². The van der Waals surface area contributed by atoms with E-state index in [-0.39, 0.29) is 11.1 Å². The molecule has 0 N–H and O–H groups in total. The highest BCUT2D eigenvalue weighted by Crippen LogP contribution is 2.32. The van der Waals surface area contributed by atoms with Gasteiger partial charge in [-0.25, -0.2) is 0 Å². The zero-order valence-corrected chi connectivity index (χ0v) is 21.1. The van der Waals surface area contributed by atoms with Gasteiger partial charge in [-0.1, -0.05) is 0 Å². The van der Waals surface area contributed by atoms with E-state index in [4.69, 9.17) is 9.47 Å². The molecule has 6 heteroatoms. The molecule has 0 amide bonds. The Balaban J connectivity index is 1.58. The largest absolute Gasteiger partial charge is 0.377 e. The molecule has 0 radical (unpaired) electrons. The molecule has 0 aliphatic carbocycles. The van der Waals surface area contributed by atoms with E-state index in [1.807, 2.05) is 0 Å². The first kappa shape index (κ1) is 23.9. The number of hydrogen-bond acceptors (Lipinski definition) is 6. The van der Waals surface area contributed by atoms with Crippen molar-refractivity contribution in [3.05, 3.63) is 0 Å². The Morgan fingerprint density at radius 3 is 2.10 bits per heavy atom. The van der Waals surface area contributed by atoms with Crippen LogP contribution in [0.4, 0.5) is 0 Å². The molecule has 4 atom stereocenters. The molecule has 4 aliphatic heterocycles. The highest BCUT2D eigenvalue weighted by Gasteiger charge is 2.45. The van der Waals surface area contributed by atoms with E-state index < -0.39 is 0 Å². The minimum absolute atomic E-state index is 0.173. The third-order valence-corrected chi connectivity index (χ3v) is 8.01. The van der Waals surface area contributed by atoms with Gasteiger partial charge in [0, 0.05) is 82.2 Å². The van der Waals surface area contributed by atoms with Gasteiger partial charge in [-0.05, 0) is 67.2 Å². The van der Waals surface area contributed by atoms with Crippen LogP contribution in [0.2, 0.25) is 0 Å². The number of rotatable bonds is 4. The minimum atomic E-state index is 0.173. The lowest BCUT2D eigenvalue weighted by atomic mass is 9.91. The summed E-state index contributed by atoms with van der Waals surface area (Å²) in [6, 6.07) is 1.05. The number of hydrogen-bond donors (Lipinski definition) is 0. The Morgan fingerprint density at radius 1 is 0.742 bits per heavy atom. The smallest absolute Gasteiger partial charge is 0.110 e. The van der Waals surface area contributed by atoms with Crippen LogP contribution in [0, 0.1) is 0 Å². The van der Waals surface area contributed by atoms with Crippen LogP contribution >= 0.6 is 0 Å². The van der Waals surface area contributed by atoms with Crippen LogP contribution in [0.15, 0.2) is 0 Å². The third kappa shape index (κ3) is 5.64. The molecule has 0 aromatic heterocycles. The predicted octanol–water partition coefficient (Wildman–Crippen LogP) is 2.87. The molecule has 0 aromatic rings. The summed E-state index contributed by atoms with van der Waals surface area (Å²) < 4.78 is 12.2. The summed E-state index contributed by atoms with van der Waals surface area (Å²) in [4.78, 5) is 11.0. The first-order valence-electron chi connectivity index (χ1n) is 12.9. The molecule has 4 rings (SSSR count). The molecule has 4 aliphatic rings. The SMILES string of the molecule is CC(C)(C)N1CCN(CC2CCCO2)C(C2CN(C3CCCO3)CCN2C(C)(C)C)C1. The highest BCUT2D eigenvalue weighted by molar-refractivity contribution is 5.02. The molecule has 180 valence electrons. The lowest BCUT2D eigenvalue weighted by Gasteiger charge is -2.56. The fraction of sp³-hybridized carbons (Fsp3) is 1.00.